The second-order valence-corrected chi connectivity index (χ2v) is 10.4. The maximum atomic E-state index is 14.3. The molecule has 4 rings (SSSR count). The van der Waals surface area contributed by atoms with Gasteiger partial charge in [-0.25, -0.2) is 17.2 Å². The summed E-state index contributed by atoms with van der Waals surface area (Å²) in [5.41, 5.74) is -0.599. The molecule has 1 heterocycles. The molecule has 1 amide bonds. The van der Waals surface area contributed by atoms with Crippen molar-refractivity contribution in [2.75, 3.05) is 11.9 Å². The van der Waals surface area contributed by atoms with Crippen molar-refractivity contribution in [2.24, 2.45) is 0 Å². The first kappa shape index (κ1) is 26.1. The monoisotopic (exact) mass is 544 g/mol. The fourth-order valence-electron chi connectivity index (χ4n) is 3.99. The average molecular weight is 545 g/mol. The molecule has 0 aliphatic carbocycles. The lowest BCUT2D eigenvalue weighted by Crippen LogP contribution is -2.36. The molecule has 12 heteroatoms. The van der Waals surface area contributed by atoms with E-state index in [4.69, 9.17) is 11.6 Å². The van der Waals surface area contributed by atoms with Gasteiger partial charge in [0.15, 0.2) is 0 Å². The molecule has 3 aromatic rings. The number of alkyl halides is 3. The van der Waals surface area contributed by atoms with Gasteiger partial charge in [0, 0.05) is 13.1 Å². The van der Waals surface area contributed by atoms with E-state index in [-0.39, 0.29) is 35.1 Å². The molecule has 1 aliphatic rings. The lowest BCUT2D eigenvalue weighted by molar-refractivity contribution is -0.140. The zero-order chi connectivity index (χ0) is 26.3. The van der Waals surface area contributed by atoms with E-state index in [9.17, 15) is 35.2 Å². The molecule has 36 heavy (non-hydrogen) atoms. The van der Waals surface area contributed by atoms with E-state index in [1.165, 1.54) is 22.5 Å². The van der Waals surface area contributed by atoms with Crippen molar-refractivity contribution in [1.29, 1.82) is 0 Å². The molecular weight excluding hydrogens is 527 g/mol. The highest BCUT2D eigenvalue weighted by molar-refractivity contribution is 7.89. The van der Waals surface area contributed by atoms with Crippen LogP contribution in [0.3, 0.4) is 0 Å². The summed E-state index contributed by atoms with van der Waals surface area (Å²) in [6, 6.07) is 10.2. The van der Waals surface area contributed by atoms with Crippen molar-refractivity contribution >= 4 is 33.2 Å². The predicted molar refractivity (Wildman–Crippen MR) is 123 cm³/mol. The van der Waals surface area contributed by atoms with Gasteiger partial charge >= 0.3 is 6.18 Å². The Morgan fingerprint density at radius 3 is 2.39 bits per heavy atom. The molecule has 1 N–H and O–H groups in total. The number of carbonyl (C=O) groups is 1. The van der Waals surface area contributed by atoms with Crippen molar-refractivity contribution in [3.05, 3.63) is 93.5 Å². The van der Waals surface area contributed by atoms with E-state index in [2.05, 4.69) is 5.32 Å². The summed E-state index contributed by atoms with van der Waals surface area (Å²) in [5, 5.41) is 2.68. The van der Waals surface area contributed by atoms with E-state index in [0.717, 1.165) is 24.3 Å². The third-order valence-electron chi connectivity index (χ3n) is 5.77. The third-order valence-corrected chi connectivity index (χ3v) is 7.94. The van der Waals surface area contributed by atoms with Crippen LogP contribution in [0.1, 0.15) is 22.3 Å². The van der Waals surface area contributed by atoms with Crippen LogP contribution in [0.2, 0.25) is 5.02 Å². The van der Waals surface area contributed by atoms with Crippen LogP contribution in [0.4, 0.5) is 27.6 Å². The Morgan fingerprint density at radius 2 is 1.72 bits per heavy atom. The number of anilines is 1. The Morgan fingerprint density at radius 1 is 1.03 bits per heavy atom. The van der Waals surface area contributed by atoms with Gasteiger partial charge in [-0.1, -0.05) is 29.8 Å². The first-order chi connectivity index (χ1) is 16.9. The molecule has 5 nitrogen and oxygen atoms in total. The van der Waals surface area contributed by atoms with E-state index in [0.29, 0.717) is 17.2 Å². The number of nitrogens with zero attached hydrogens (tertiary/aromatic N) is 1. The first-order valence-corrected chi connectivity index (χ1v) is 12.4. The lowest BCUT2D eigenvalue weighted by atomic mass is 9.98. The van der Waals surface area contributed by atoms with Crippen molar-refractivity contribution < 1.29 is 35.2 Å². The summed E-state index contributed by atoms with van der Waals surface area (Å²) in [4.78, 5) is 12.5. The Labute approximate surface area is 208 Å². The molecule has 0 aromatic heterocycles. The number of benzene rings is 3. The van der Waals surface area contributed by atoms with Crippen molar-refractivity contribution in [3.63, 3.8) is 0 Å². The Kier molecular flexibility index (Phi) is 7.09. The predicted octanol–water partition coefficient (Wildman–Crippen LogP) is 5.57. The standard InChI is InChI=1S/C24H18ClF5N2O3S/c25-20-9-4-15-13-32(36(34,35)17-7-5-16(26)6-8-17)11-10-18(15)23(20)31-21(33)12-14-2-1-3-19(22(14)27)24(28,29)30/h1-9H,10-13H2,(H,31,33). The van der Waals surface area contributed by atoms with Crippen LogP contribution in [0, 0.1) is 11.6 Å². The average Bonchev–Trinajstić information content (AvgIpc) is 2.81. The van der Waals surface area contributed by atoms with Crippen LogP contribution in [0.15, 0.2) is 59.5 Å². The van der Waals surface area contributed by atoms with Crippen LogP contribution < -0.4 is 5.32 Å². The van der Waals surface area contributed by atoms with Crippen molar-refractivity contribution in [3.8, 4) is 0 Å². The Bertz CT molecular complexity index is 1430. The van der Waals surface area contributed by atoms with Crippen molar-refractivity contribution in [1.82, 2.24) is 4.31 Å². The molecule has 0 saturated carbocycles. The van der Waals surface area contributed by atoms with E-state index in [1.807, 2.05) is 0 Å². The molecule has 3 aromatic carbocycles. The zero-order valence-electron chi connectivity index (χ0n) is 18.4. The highest BCUT2D eigenvalue weighted by atomic mass is 35.5. The van der Waals surface area contributed by atoms with E-state index >= 15 is 0 Å². The van der Waals surface area contributed by atoms with Gasteiger partial charge in [-0.05, 0) is 59.5 Å². The summed E-state index contributed by atoms with van der Waals surface area (Å²) in [6.45, 7) is -0.00445. The molecule has 0 spiro atoms. The number of sulfonamides is 1. The number of hydrogen-bond acceptors (Lipinski definition) is 3. The number of nitrogens with one attached hydrogen (secondary N) is 1. The largest absolute Gasteiger partial charge is 0.419 e. The second kappa shape index (κ2) is 9.79. The quantitative estimate of drug-likeness (QED) is 0.427. The zero-order valence-corrected chi connectivity index (χ0v) is 19.9. The van der Waals surface area contributed by atoms with Crippen molar-refractivity contribution in [2.45, 2.75) is 30.5 Å². The number of halogens is 6. The molecule has 0 saturated heterocycles. The normalized spacial score (nSPS) is 14.4. The van der Waals surface area contributed by atoms with Gasteiger partial charge in [0.1, 0.15) is 11.6 Å². The fraction of sp³-hybridized carbons (Fsp3) is 0.208. The van der Waals surface area contributed by atoms with Crippen LogP contribution in [-0.4, -0.2) is 25.2 Å². The van der Waals surface area contributed by atoms with Gasteiger partial charge < -0.3 is 5.32 Å². The molecule has 190 valence electrons. The number of hydrogen-bond donors (Lipinski definition) is 1. The Balaban J connectivity index is 1.55. The van der Waals surface area contributed by atoms with Gasteiger partial charge in [0.05, 0.1) is 27.6 Å². The smallest absolute Gasteiger partial charge is 0.324 e. The summed E-state index contributed by atoms with van der Waals surface area (Å²) in [7, 11) is -3.92. The van der Waals surface area contributed by atoms with Gasteiger partial charge in [-0.2, -0.15) is 17.5 Å². The number of amides is 1. The molecule has 0 fully saturated rings. The van der Waals surface area contributed by atoms with E-state index in [1.54, 1.807) is 6.07 Å². The minimum Gasteiger partial charge on any atom is -0.324 e. The topological polar surface area (TPSA) is 66.5 Å². The molecule has 0 radical (unpaired) electrons. The number of carbonyl (C=O) groups excluding carboxylic acids is 1. The maximum absolute atomic E-state index is 14.3. The fourth-order valence-corrected chi connectivity index (χ4v) is 5.63. The van der Waals surface area contributed by atoms with Crippen LogP contribution in [-0.2, 0) is 40.4 Å². The third kappa shape index (κ3) is 5.23. The van der Waals surface area contributed by atoms with Gasteiger partial charge in [0.2, 0.25) is 15.9 Å². The van der Waals surface area contributed by atoms with Gasteiger partial charge in [-0.3, -0.25) is 4.79 Å². The highest BCUT2D eigenvalue weighted by Gasteiger charge is 2.35. The molecule has 0 unspecified atom stereocenters. The summed E-state index contributed by atoms with van der Waals surface area (Å²) in [5.74, 6) is -2.88. The first-order valence-electron chi connectivity index (χ1n) is 10.6. The SMILES string of the molecule is O=C(Cc1cccc(C(F)(F)F)c1F)Nc1c(Cl)ccc2c1CCN(S(=O)(=O)c1ccc(F)cc1)C2. The van der Waals surface area contributed by atoms with Gasteiger partial charge in [0.25, 0.3) is 0 Å². The summed E-state index contributed by atoms with van der Waals surface area (Å²) >= 11 is 6.26. The summed E-state index contributed by atoms with van der Waals surface area (Å²) < 4.78 is 93.6. The summed E-state index contributed by atoms with van der Waals surface area (Å²) in [6.07, 6.45) is -5.40. The molecule has 0 bridgehead atoms. The molecular formula is C24H18ClF5N2O3S. The second-order valence-electron chi connectivity index (χ2n) is 8.10. The molecule has 0 atom stereocenters. The lowest BCUT2D eigenvalue weighted by Gasteiger charge is -2.30. The highest BCUT2D eigenvalue weighted by Crippen LogP contribution is 2.35. The minimum atomic E-state index is -4.90. The maximum Gasteiger partial charge on any atom is 0.419 e. The van der Waals surface area contributed by atoms with Crippen LogP contribution in [0.5, 0.6) is 0 Å². The minimum absolute atomic E-state index is 0.0399. The number of fused-ring (bicyclic) bond motifs is 1. The van der Waals surface area contributed by atoms with Crippen LogP contribution >= 0.6 is 11.6 Å². The molecule has 1 aliphatic heterocycles. The number of rotatable bonds is 5. The van der Waals surface area contributed by atoms with E-state index < -0.39 is 51.3 Å². The Hall–Kier alpha value is -3.02. The van der Waals surface area contributed by atoms with Crippen LogP contribution in [0.25, 0.3) is 0 Å². The van der Waals surface area contributed by atoms with Gasteiger partial charge in [-0.15, -0.1) is 0 Å².